The fourth-order valence-corrected chi connectivity index (χ4v) is 4.24. The molecule has 0 aliphatic carbocycles. The molecule has 1 atom stereocenters. The molecule has 2 amide bonds. The van der Waals surface area contributed by atoms with E-state index < -0.39 is 5.92 Å². The monoisotopic (exact) mass is 498 g/mol. The summed E-state index contributed by atoms with van der Waals surface area (Å²) in [4.78, 5) is 39.7. The number of hydrogen-bond acceptors (Lipinski definition) is 5. The summed E-state index contributed by atoms with van der Waals surface area (Å²) < 4.78 is 7.31. The maximum atomic E-state index is 12.9. The topological polar surface area (TPSA) is 93.5 Å². The van der Waals surface area contributed by atoms with Crippen LogP contribution in [0.2, 0.25) is 0 Å². The normalized spacial score (nSPS) is 16.0. The van der Waals surface area contributed by atoms with Crippen LogP contribution in [-0.2, 0) is 27.4 Å². The highest BCUT2D eigenvalue weighted by Gasteiger charge is 2.35. The molecule has 4 rings (SSSR count). The molecule has 1 saturated heterocycles. The van der Waals surface area contributed by atoms with E-state index in [1.54, 1.807) is 24.1 Å². The number of ether oxygens (including phenoxy) is 1. The Morgan fingerprint density at radius 3 is 2.72 bits per heavy atom. The third-order valence-electron chi connectivity index (χ3n) is 5.50. The van der Waals surface area contributed by atoms with Crippen molar-refractivity contribution in [1.29, 1.82) is 0 Å². The van der Waals surface area contributed by atoms with Gasteiger partial charge in [0.05, 0.1) is 36.7 Å². The molecule has 1 aliphatic rings. The van der Waals surface area contributed by atoms with E-state index in [9.17, 15) is 14.4 Å². The van der Waals surface area contributed by atoms with Crippen molar-refractivity contribution in [2.45, 2.75) is 19.5 Å². The predicted molar refractivity (Wildman–Crippen MR) is 124 cm³/mol. The molecule has 3 aromatic rings. The average Bonchev–Trinajstić information content (AvgIpc) is 3.19. The number of anilines is 1. The Morgan fingerprint density at radius 1 is 1.19 bits per heavy atom. The predicted octanol–water partition coefficient (Wildman–Crippen LogP) is 2.47. The van der Waals surface area contributed by atoms with E-state index in [4.69, 9.17) is 4.74 Å². The first-order valence-electron chi connectivity index (χ1n) is 10.3. The van der Waals surface area contributed by atoms with Crippen LogP contribution in [0.15, 0.2) is 57.8 Å². The Hall–Kier alpha value is -3.04. The van der Waals surface area contributed by atoms with Gasteiger partial charge in [-0.15, -0.1) is 0 Å². The molecule has 1 N–H and O–H groups in total. The van der Waals surface area contributed by atoms with Crippen molar-refractivity contribution in [2.24, 2.45) is 5.92 Å². The number of nitrogens with one attached hydrogen (secondary N) is 1. The number of aromatic nitrogens is 2. The first kappa shape index (κ1) is 22.2. The Morgan fingerprint density at radius 2 is 1.97 bits per heavy atom. The number of fused-ring (bicyclic) bond motifs is 1. The van der Waals surface area contributed by atoms with Gasteiger partial charge >= 0.3 is 0 Å². The third-order valence-corrected chi connectivity index (χ3v) is 5.99. The second kappa shape index (κ2) is 9.62. The fourth-order valence-electron chi connectivity index (χ4n) is 3.86. The van der Waals surface area contributed by atoms with Crippen LogP contribution in [0.4, 0.5) is 5.69 Å². The van der Waals surface area contributed by atoms with Crippen molar-refractivity contribution in [2.75, 3.05) is 25.2 Å². The highest BCUT2D eigenvalue weighted by atomic mass is 79.9. The van der Waals surface area contributed by atoms with Crippen LogP contribution in [-0.4, -0.2) is 41.9 Å². The summed E-state index contributed by atoms with van der Waals surface area (Å²) in [5, 5.41) is 8.59. The van der Waals surface area contributed by atoms with E-state index in [1.807, 2.05) is 36.4 Å². The second-order valence-electron chi connectivity index (χ2n) is 7.62. The maximum Gasteiger partial charge on any atom is 0.274 e. The molecule has 166 valence electrons. The lowest BCUT2D eigenvalue weighted by atomic mass is 10.1. The summed E-state index contributed by atoms with van der Waals surface area (Å²) in [6, 6.07) is 14.7. The summed E-state index contributed by atoms with van der Waals surface area (Å²) in [5.41, 5.74) is 1.16. The molecule has 2 heterocycles. The zero-order valence-corrected chi connectivity index (χ0v) is 19.2. The molecule has 0 radical (unpaired) electrons. The van der Waals surface area contributed by atoms with E-state index in [0.717, 1.165) is 10.2 Å². The van der Waals surface area contributed by atoms with Crippen molar-refractivity contribution >= 4 is 44.2 Å². The van der Waals surface area contributed by atoms with Gasteiger partial charge < -0.3 is 15.0 Å². The van der Waals surface area contributed by atoms with Crippen LogP contribution in [0, 0.1) is 5.92 Å². The number of rotatable bonds is 7. The van der Waals surface area contributed by atoms with Gasteiger partial charge in [-0.2, -0.15) is 5.10 Å². The summed E-state index contributed by atoms with van der Waals surface area (Å²) in [7, 11) is 1.56. The van der Waals surface area contributed by atoms with Crippen molar-refractivity contribution in [3.05, 3.63) is 69.1 Å². The third kappa shape index (κ3) is 4.58. The van der Waals surface area contributed by atoms with E-state index in [1.165, 1.54) is 4.68 Å². The Kier molecular flexibility index (Phi) is 6.66. The van der Waals surface area contributed by atoms with Gasteiger partial charge in [-0.05, 0) is 24.3 Å². The van der Waals surface area contributed by atoms with Crippen LogP contribution in [0.1, 0.15) is 12.1 Å². The van der Waals surface area contributed by atoms with E-state index >= 15 is 0 Å². The lowest BCUT2D eigenvalue weighted by Gasteiger charge is -2.17. The lowest BCUT2D eigenvalue weighted by molar-refractivity contribution is -0.126. The first-order chi connectivity index (χ1) is 15.5. The number of benzene rings is 2. The fraction of sp³-hybridized carbons (Fsp3) is 0.304. The minimum absolute atomic E-state index is 0.0834. The van der Waals surface area contributed by atoms with Gasteiger partial charge in [0, 0.05) is 35.6 Å². The van der Waals surface area contributed by atoms with Crippen molar-refractivity contribution in [1.82, 2.24) is 15.1 Å². The number of nitrogens with zero attached hydrogens (tertiary/aromatic N) is 3. The Balaban J connectivity index is 1.50. The van der Waals surface area contributed by atoms with Crippen LogP contribution >= 0.6 is 15.9 Å². The van der Waals surface area contributed by atoms with Gasteiger partial charge in [0.25, 0.3) is 5.56 Å². The largest absolute Gasteiger partial charge is 0.383 e. The summed E-state index contributed by atoms with van der Waals surface area (Å²) >= 11 is 3.41. The van der Waals surface area contributed by atoms with Crippen LogP contribution in [0.3, 0.4) is 0 Å². The molecule has 2 aromatic carbocycles. The van der Waals surface area contributed by atoms with E-state index in [0.29, 0.717) is 36.2 Å². The number of carbonyl (C=O) groups excluding carboxylic acids is 2. The molecule has 9 heteroatoms. The number of hydrogen-bond donors (Lipinski definition) is 1. The molecular formula is C23H23BrN4O4. The molecule has 8 nitrogen and oxygen atoms in total. The zero-order valence-electron chi connectivity index (χ0n) is 17.6. The van der Waals surface area contributed by atoms with Crippen molar-refractivity contribution in [3.8, 4) is 0 Å². The van der Waals surface area contributed by atoms with Gasteiger partial charge in [0.15, 0.2) is 0 Å². The molecule has 1 aromatic heterocycles. The van der Waals surface area contributed by atoms with Crippen LogP contribution < -0.4 is 15.8 Å². The molecule has 0 saturated carbocycles. The van der Waals surface area contributed by atoms with Gasteiger partial charge in [0.2, 0.25) is 11.8 Å². The van der Waals surface area contributed by atoms with Gasteiger partial charge in [-0.3, -0.25) is 14.4 Å². The quantitative estimate of drug-likeness (QED) is 0.539. The van der Waals surface area contributed by atoms with Gasteiger partial charge in [-0.1, -0.05) is 40.2 Å². The number of carbonyl (C=O) groups is 2. The smallest absolute Gasteiger partial charge is 0.274 e. The SMILES string of the molecule is COCCn1nc(CNC(=O)C2CC(=O)N(c3cccc(Br)c3)C2)c2ccccc2c1=O. The van der Waals surface area contributed by atoms with E-state index in [-0.39, 0.29) is 30.3 Å². The molecule has 1 aliphatic heterocycles. The molecule has 0 bridgehead atoms. The van der Waals surface area contributed by atoms with E-state index in [2.05, 4.69) is 26.3 Å². The molecule has 1 unspecified atom stereocenters. The van der Waals surface area contributed by atoms with Crippen molar-refractivity contribution < 1.29 is 14.3 Å². The summed E-state index contributed by atoms with van der Waals surface area (Å²) in [6.45, 7) is 1.16. The minimum atomic E-state index is -0.452. The maximum absolute atomic E-state index is 12.9. The molecular weight excluding hydrogens is 476 g/mol. The molecule has 1 fully saturated rings. The van der Waals surface area contributed by atoms with Crippen molar-refractivity contribution in [3.63, 3.8) is 0 Å². The molecule has 32 heavy (non-hydrogen) atoms. The Labute approximate surface area is 193 Å². The summed E-state index contributed by atoms with van der Waals surface area (Å²) in [5.74, 6) is -0.747. The average molecular weight is 499 g/mol. The van der Waals surface area contributed by atoms with Gasteiger partial charge in [0.1, 0.15) is 0 Å². The number of methoxy groups -OCH3 is 1. The minimum Gasteiger partial charge on any atom is -0.383 e. The summed E-state index contributed by atoms with van der Waals surface area (Å²) in [6.07, 6.45) is 0.153. The highest BCUT2D eigenvalue weighted by molar-refractivity contribution is 9.10. The van der Waals surface area contributed by atoms with Gasteiger partial charge in [-0.25, -0.2) is 4.68 Å². The number of amides is 2. The molecule has 0 spiro atoms. The highest BCUT2D eigenvalue weighted by Crippen LogP contribution is 2.27. The van der Waals surface area contributed by atoms with Crippen LogP contribution in [0.5, 0.6) is 0 Å². The number of halogens is 1. The van der Waals surface area contributed by atoms with Crippen LogP contribution in [0.25, 0.3) is 10.8 Å². The zero-order chi connectivity index (χ0) is 22.7. The lowest BCUT2D eigenvalue weighted by Crippen LogP contribution is -2.34. The Bertz CT molecular complexity index is 1230. The standard InChI is InChI=1S/C23H23BrN4O4/c1-32-10-9-28-23(31)19-8-3-2-7-18(19)20(26-28)13-25-22(30)15-11-21(29)27(14-15)17-6-4-5-16(24)12-17/h2-8,12,15H,9-11,13-14H2,1H3,(H,25,30). The first-order valence-corrected chi connectivity index (χ1v) is 11.1. The second-order valence-corrected chi connectivity index (χ2v) is 8.53.